The molecule has 2 heterocycles. The van der Waals surface area contributed by atoms with Gasteiger partial charge in [0.25, 0.3) is 0 Å². The van der Waals surface area contributed by atoms with E-state index >= 15 is 0 Å². The molecule has 7 unspecified atom stereocenters. The second kappa shape index (κ2) is 5.36. The Morgan fingerprint density at radius 2 is 2.09 bits per heavy atom. The summed E-state index contributed by atoms with van der Waals surface area (Å²) in [6, 6.07) is 0. The molecule has 2 saturated heterocycles. The van der Waals surface area contributed by atoms with Crippen molar-refractivity contribution in [1.82, 2.24) is 10.2 Å². The zero-order chi connectivity index (χ0) is 16.2. The Hall–Kier alpha value is -0.830. The van der Waals surface area contributed by atoms with Gasteiger partial charge in [-0.05, 0) is 18.8 Å². The smallest absolute Gasteiger partial charge is 0.361 e. The van der Waals surface area contributed by atoms with Crippen LogP contribution in [0.25, 0.3) is 0 Å². The van der Waals surface area contributed by atoms with Crippen LogP contribution in [-0.4, -0.2) is 41.0 Å². The van der Waals surface area contributed by atoms with Crippen molar-refractivity contribution >= 4 is 0 Å². The number of epoxide rings is 1. The van der Waals surface area contributed by atoms with Crippen LogP contribution in [0.15, 0.2) is 11.8 Å². The van der Waals surface area contributed by atoms with E-state index in [9.17, 15) is 18.3 Å². The normalized spacial score (nSPS) is 45.9. The van der Waals surface area contributed by atoms with E-state index in [1.165, 1.54) is 11.0 Å². The molecule has 5 nitrogen and oxygen atoms in total. The predicted molar refractivity (Wildman–Crippen MR) is 72.8 cm³/mol. The van der Waals surface area contributed by atoms with Gasteiger partial charge >= 0.3 is 6.18 Å². The van der Waals surface area contributed by atoms with Crippen LogP contribution < -0.4 is 11.1 Å². The first kappa shape index (κ1) is 16.0. The minimum absolute atomic E-state index is 0.0840. The van der Waals surface area contributed by atoms with Gasteiger partial charge in [-0.25, -0.2) is 5.32 Å². The minimum atomic E-state index is -4.28. The summed E-state index contributed by atoms with van der Waals surface area (Å²) in [4.78, 5) is 1.48. The van der Waals surface area contributed by atoms with E-state index in [2.05, 4.69) is 5.32 Å². The lowest BCUT2D eigenvalue weighted by atomic mass is 9.83. The van der Waals surface area contributed by atoms with E-state index in [0.717, 1.165) is 0 Å². The van der Waals surface area contributed by atoms with E-state index in [1.807, 2.05) is 6.92 Å². The Bertz CT molecular complexity index is 471. The summed E-state index contributed by atoms with van der Waals surface area (Å²) in [5, 5.41) is 13.1. The molecule has 1 aliphatic carbocycles. The molecule has 0 aromatic heterocycles. The number of nitrogens with two attached hydrogens (primary N) is 1. The molecule has 2 aliphatic heterocycles. The van der Waals surface area contributed by atoms with Crippen molar-refractivity contribution in [2.75, 3.05) is 0 Å². The Morgan fingerprint density at radius 3 is 2.73 bits per heavy atom. The van der Waals surface area contributed by atoms with Crippen LogP contribution in [0.1, 0.15) is 26.7 Å². The van der Waals surface area contributed by atoms with Gasteiger partial charge in [-0.15, -0.1) is 0 Å². The van der Waals surface area contributed by atoms with Crippen molar-refractivity contribution < 1.29 is 23.0 Å². The van der Waals surface area contributed by atoms with E-state index in [0.29, 0.717) is 18.5 Å². The van der Waals surface area contributed by atoms with Crippen LogP contribution in [0.4, 0.5) is 13.2 Å². The molecule has 0 saturated carbocycles. The van der Waals surface area contributed by atoms with E-state index in [4.69, 9.17) is 10.5 Å². The fourth-order valence-electron chi connectivity index (χ4n) is 3.49. The first-order valence-corrected chi connectivity index (χ1v) is 7.61. The van der Waals surface area contributed by atoms with Gasteiger partial charge in [0, 0.05) is 11.6 Å². The third-order valence-electron chi connectivity index (χ3n) is 5.03. The van der Waals surface area contributed by atoms with Gasteiger partial charge < -0.3 is 20.5 Å². The number of fused-ring (bicyclic) bond motifs is 1. The molecular formula is C14H22F3N3O2. The lowest BCUT2D eigenvalue weighted by molar-refractivity contribution is -0.176. The predicted octanol–water partition coefficient (Wildman–Crippen LogP) is 1.31. The lowest BCUT2D eigenvalue weighted by Gasteiger charge is -2.41. The maximum atomic E-state index is 13.2. The van der Waals surface area contributed by atoms with E-state index in [1.54, 1.807) is 6.92 Å². The summed E-state index contributed by atoms with van der Waals surface area (Å²) in [7, 11) is 0. The fraction of sp³-hybridized carbons (Fsp3) is 0.857. The summed E-state index contributed by atoms with van der Waals surface area (Å²) < 4.78 is 44.8. The van der Waals surface area contributed by atoms with Gasteiger partial charge in [0.05, 0.1) is 12.1 Å². The van der Waals surface area contributed by atoms with Crippen molar-refractivity contribution in [3.05, 3.63) is 11.8 Å². The average molecular weight is 321 g/mol. The van der Waals surface area contributed by atoms with Crippen molar-refractivity contribution in [2.45, 2.75) is 57.7 Å². The Morgan fingerprint density at radius 1 is 1.41 bits per heavy atom. The second-order valence-electron chi connectivity index (χ2n) is 6.56. The van der Waals surface area contributed by atoms with Crippen molar-refractivity contribution in [3.8, 4) is 0 Å². The highest BCUT2D eigenvalue weighted by atomic mass is 19.4. The van der Waals surface area contributed by atoms with Gasteiger partial charge in [-0.2, -0.15) is 13.2 Å². The van der Waals surface area contributed by atoms with Gasteiger partial charge in [-0.3, -0.25) is 0 Å². The molecule has 2 fully saturated rings. The molecular weight excluding hydrogens is 299 g/mol. The van der Waals surface area contributed by atoms with Crippen LogP contribution >= 0.6 is 0 Å². The zero-order valence-corrected chi connectivity index (χ0v) is 12.5. The molecule has 0 spiro atoms. The van der Waals surface area contributed by atoms with Crippen LogP contribution in [0.5, 0.6) is 0 Å². The zero-order valence-electron chi connectivity index (χ0n) is 12.5. The SMILES string of the molecule is CC1CCC(N2C(O)NC3OC3C(C)C2N)=CC1C(F)(F)F. The number of nitrogens with one attached hydrogen (secondary N) is 1. The Balaban J connectivity index is 1.87. The highest BCUT2D eigenvalue weighted by Gasteiger charge is 2.52. The number of hydrogen-bond donors (Lipinski definition) is 3. The standard InChI is InChI=1S/C14H22F3N3O2/c1-6-3-4-8(5-9(6)14(15,16)17)20-11(18)7(2)10-12(22-10)19-13(20)21/h5-7,9-13,19,21H,3-4,18H2,1-2H3. The molecule has 4 N–H and O–H groups in total. The van der Waals surface area contributed by atoms with Crippen LogP contribution in [0, 0.1) is 17.8 Å². The second-order valence-corrected chi connectivity index (χ2v) is 6.56. The third kappa shape index (κ3) is 2.73. The number of hydrogen-bond acceptors (Lipinski definition) is 5. The van der Waals surface area contributed by atoms with Gasteiger partial charge in [0.15, 0.2) is 6.35 Å². The number of rotatable bonds is 1. The quantitative estimate of drug-likeness (QED) is 0.635. The monoisotopic (exact) mass is 321 g/mol. The molecule has 0 aromatic carbocycles. The summed E-state index contributed by atoms with van der Waals surface area (Å²) >= 11 is 0. The maximum absolute atomic E-state index is 13.2. The number of halogens is 3. The summed E-state index contributed by atoms with van der Waals surface area (Å²) in [5.41, 5.74) is 6.63. The van der Waals surface area contributed by atoms with Crippen LogP contribution in [0.3, 0.4) is 0 Å². The molecule has 0 bridgehead atoms. The highest BCUT2D eigenvalue weighted by molar-refractivity contribution is 5.14. The maximum Gasteiger partial charge on any atom is 0.395 e. The summed E-state index contributed by atoms with van der Waals surface area (Å²) in [5.74, 6) is -2.05. The number of aliphatic hydroxyl groups excluding tert-OH is 1. The Labute approximate surface area is 127 Å². The van der Waals surface area contributed by atoms with Crippen molar-refractivity contribution in [2.24, 2.45) is 23.5 Å². The molecule has 8 heteroatoms. The molecule has 3 aliphatic rings. The number of ether oxygens (including phenoxy) is 1. The first-order chi connectivity index (χ1) is 10.2. The van der Waals surface area contributed by atoms with E-state index < -0.39 is 30.5 Å². The number of allylic oxidation sites excluding steroid dienone is 2. The van der Waals surface area contributed by atoms with Gasteiger partial charge in [-0.1, -0.05) is 19.9 Å². The fourth-order valence-corrected chi connectivity index (χ4v) is 3.49. The molecule has 126 valence electrons. The van der Waals surface area contributed by atoms with Crippen molar-refractivity contribution in [3.63, 3.8) is 0 Å². The average Bonchev–Trinajstić information content (AvgIpc) is 3.17. The minimum Gasteiger partial charge on any atom is -0.361 e. The number of nitrogens with zero attached hydrogens (tertiary/aromatic N) is 1. The summed E-state index contributed by atoms with van der Waals surface area (Å²) in [6.45, 7) is 3.49. The Kier molecular flexibility index (Phi) is 3.91. The molecule has 0 amide bonds. The lowest BCUT2D eigenvalue weighted by Crippen LogP contribution is -2.55. The molecule has 0 radical (unpaired) electrons. The molecule has 22 heavy (non-hydrogen) atoms. The molecule has 3 rings (SSSR count). The largest absolute Gasteiger partial charge is 0.395 e. The van der Waals surface area contributed by atoms with Gasteiger partial charge in [0.2, 0.25) is 0 Å². The molecule has 7 atom stereocenters. The molecule has 0 aromatic rings. The third-order valence-corrected chi connectivity index (χ3v) is 5.03. The first-order valence-electron chi connectivity index (χ1n) is 7.61. The van der Waals surface area contributed by atoms with E-state index in [-0.39, 0.29) is 18.2 Å². The van der Waals surface area contributed by atoms with Crippen LogP contribution in [0.2, 0.25) is 0 Å². The number of alkyl halides is 3. The van der Waals surface area contributed by atoms with Crippen molar-refractivity contribution in [1.29, 1.82) is 0 Å². The number of aliphatic hydroxyl groups is 1. The highest BCUT2D eigenvalue weighted by Crippen LogP contribution is 2.42. The van der Waals surface area contributed by atoms with Crippen LogP contribution in [-0.2, 0) is 4.74 Å². The summed E-state index contributed by atoms with van der Waals surface area (Å²) in [6.07, 6.45) is -4.26. The topological polar surface area (TPSA) is 74.0 Å². The van der Waals surface area contributed by atoms with Gasteiger partial charge in [0.1, 0.15) is 12.3 Å².